The van der Waals surface area contributed by atoms with Gasteiger partial charge >= 0.3 is 0 Å². The number of rotatable bonds is 2. The molecule has 1 fully saturated rings. The fraction of sp³-hybridized carbons (Fsp3) is 0.667. The largest absolute Gasteiger partial charge is 0.385 e. The van der Waals surface area contributed by atoms with Gasteiger partial charge in [-0.3, -0.25) is 0 Å². The highest BCUT2D eigenvalue weighted by molar-refractivity contribution is 5.39. The predicted octanol–water partition coefficient (Wildman–Crippen LogP) is 3.51. The first kappa shape index (κ1) is 14.1. The molecule has 20 heavy (non-hydrogen) atoms. The van der Waals surface area contributed by atoms with E-state index in [1.165, 1.54) is 37.7 Å². The molecule has 0 radical (unpaired) electrons. The Morgan fingerprint density at radius 2 is 1.60 bits per heavy atom. The van der Waals surface area contributed by atoms with Gasteiger partial charge < -0.3 is 10.8 Å². The highest BCUT2D eigenvalue weighted by Crippen LogP contribution is 2.54. The van der Waals surface area contributed by atoms with Crippen molar-refractivity contribution in [3.63, 3.8) is 0 Å². The summed E-state index contributed by atoms with van der Waals surface area (Å²) in [7, 11) is 0. The lowest BCUT2D eigenvalue weighted by Gasteiger charge is -2.47. The molecule has 0 saturated heterocycles. The Kier molecular flexibility index (Phi) is 3.87. The van der Waals surface area contributed by atoms with Crippen LogP contribution in [-0.2, 0) is 12.0 Å². The van der Waals surface area contributed by atoms with Gasteiger partial charge in [0.15, 0.2) is 0 Å². The molecule has 1 unspecified atom stereocenters. The molecular weight excluding hydrogens is 246 g/mol. The van der Waals surface area contributed by atoms with Gasteiger partial charge in [0.05, 0.1) is 5.60 Å². The quantitative estimate of drug-likeness (QED) is 0.866. The van der Waals surface area contributed by atoms with Crippen molar-refractivity contribution in [3.8, 4) is 0 Å². The SMILES string of the molecule is NCC1(C2(O)CCc3ccccc32)CCCCCCC1. The van der Waals surface area contributed by atoms with E-state index >= 15 is 0 Å². The maximum absolute atomic E-state index is 11.6. The summed E-state index contributed by atoms with van der Waals surface area (Å²) in [5.74, 6) is 0. The second-order valence-corrected chi connectivity index (χ2v) is 6.77. The van der Waals surface area contributed by atoms with E-state index in [1.807, 2.05) is 0 Å². The van der Waals surface area contributed by atoms with Crippen molar-refractivity contribution in [1.29, 1.82) is 0 Å². The topological polar surface area (TPSA) is 46.2 Å². The summed E-state index contributed by atoms with van der Waals surface area (Å²) in [6, 6.07) is 8.43. The Morgan fingerprint density at radius 1 is 0.950 bits per heavy atom. The Balaban J connectivity index is 1.99. The summed E-state index contributed by atoms with van der Waals surface area (Å²) in [6.07, 6.45) is 10.3. The molecule has 3 N–H and O–H groups in total. The van der Waals surface area contributed by atoms with Crippen molar-refractivity contribution in [2.45, 2.75) is 63.4 Å². The van der Waals surface area contributed by atoms with Crippen LogP contribution in [0.4, 0.5) is 0 Å². The maximum atomic E-state index is 11.6. The van der Waals surface area contributed by atoms with Crippen molar-refractivity contribution >= 4 is 0 Å². The standard InChI is InChI=1S/C18H27NO/c19-14-17(11-6-2-1-3-7-12-17)18(20)13-10-15-8-4-5-9-16(15)18/h4-5,8-9,20H,1-3,6-7,10-14,19H2. The summed E-state index contributed by atoms with van der Waals surface area (Å²) >= 11 is 0. The molecule has 1 aromatic rings. The smallest absolute Gasteiger partial charge is 0.0970 e. The van der Waals surface area contributed by atoms with Gasteiger partial charge in [-0.15, -0.1) is 0 Å². The van der Waals surface area contributed by atoms with Gasteiger partial charge in [0.2, 0.25) is 0 Å². The molecule has 3 rings (SSSR count). The van der Waals surface area contributed by atoms with Crippen LogP contribution in [0.2, 0.25) is 0 Å². The van der Waals surface area contributed by atoms with Crippen LogP contribution >= 0.6 is 0 Å². The fourth-order valence-corrected chi connectivity index (χ4v) is 4.51. The summed E-state index contributed by atoms with van der Waals surface area (Å²) in [5, 5.41) is 11.6. The van der Waals surface area contributed by atoms with Crippen LogP contribution in [0.1, 0.15) is 62.5 Å². The molecule has 0 spiro atoms. The zero-order chi connectivity index (χ0) is 14.1. The van der Waals surface area contributed by atoms with Crippen molar-refractivity contribution < 1.29 is 5.11 Å². The molecule has 0 aliphatic heterocycles. The van der Waals surface area contributed by atoms with E-state index in [-0.39, 0.29) is 5.41 Å². The van der Waals surface area contributed by atoms with Gasteiger partial charge in [-0.1, -0.05) is 56.4 Å². The van der Waals surface area contributed by atoms with Crippen molar-refractivity contribution in [2.75, 3.05) is 6.54 Å². The highest BCUT2D eigenvalue weighted by atomic mass is 16.3. The van der Waals surface area contributed by atoms with E-state index in [0.29, 0.717) is 6.54 Å². The highest BCUT2D eigenvalue weighted by Gasteiger charge is 2.52. The monoisotopic (exact) mass is 273 g/mol. The maximum Gasteiger partial charge on any atom is 0.0970 e. The average Bonchev–Trinajstić information content (AvgIpc) is 2.79. The van der Waals surface area contributed by atoms with Gasteiger partial charge in [-0.25, -0.2) is 0 Å². The van der Waals surface area contributed by atoms with Crippen LogP contribution in [-0.4, -0.2) is 11.7 Å². The number of benzene rings is 1. The van der Waals surface area contributed by atoms with E-state index in [9.17, 15) is 5.11 Å². The van der Waals surface area contributed by atoms with Gasteiger partial charge in [0.1, 0.15) is 0 Å². The third-order valence-electron chi connectivity index (χ3n) is 5.80. The summed E-state index contributed by atoms with van der Waals surface area (Å²) in [4.78, 5) is 0. The first-order valence-electron chi connectivity index (χ1n) is 8.23. The minimum absolute atomic E-state index is 0.111. The second kappa shape index (κ2) is 5.50. The van der Waals surface area contributed by atoms with Gasteiger partial charge in [0.25, 0.3) is 0 Å². The zero-order valence-electron chi connectivity index (χ0n) is 12.4. The molecule has 2 aliphatic carbocycles. The molecule has 1 aromatic carbocycles. The van der Waals surface area contributed by atoms with Crippen LogP contribution in [0.5, 0.6) is 0 Å². The number of fused-ring (bicyclic) bond motifs is 1. The van der Waals surface area contributed by atoms with Crippen molar-refractivity contribution in [1.82, 2.24) is 0 Å². The normalized spacial score (nSPS) is 29.5. The molecule has 0 aromatic heterocycles. The molecule has 110 valence electrons. The Hall–Kier alpha value is -0.860. The van der Waals surface area contributed by atoms with Crippen LogP contribution < -0.4 is 5.73 Å². The first-order valence-corrected chi connectivity index (χ1v) is 8.23. The van der Waals surface area contributed by atoms with E-state index in [2.05, 4.69) is 24.3 Å². The molecular formula is C18H27NO. The lowest BCUT2D eigenvalue weighted by atomic mass is 9.62. The van der Waals surface area contributed by atoms with Gasteiger partial charge in [0, 0.05) is 12.0 Å². The predicted molar refractivity (Wildman–Crippen MR) is 82.5 cm³/mol. The Labute approximate surface area is 122 Å². The molecule has 1 atom stereocenters. The second-order valence-electron chi connectivity index (χ2n) is 6.77. The lowest BCUT2D eigenvalue weighted by Crippen LogP contribution is -2.49. The van der Waals surface area contributed by atoms with E-state index in [1.54, 1.807) is 0 Å². The van der Waals surface area contributed by atoms with E-state index in [0.717, 1.165) is 31.2 Å². The number of nitrogens with two attached hydrogens (primary N) is 1. The third-order valence-corrected chi connectivity index (χ3v) is 5.80. The minimum atomic E-state index is -0.699. The number of aliphatic hydroxyl groups is 1. The molecule has 0 amide bonds. The molecule has 2 heteroatoms. The van der Waals surface area contributed by atoms with Crippen LogP contribution in [0.3, 0.4) is 0 Å². The van der Waals surface area contributed by atoms with Crippen LogP contribution in [0.25, 0.3) is 0 Å². The average molecular weight is 273 g/mol. The minimum Gasteiger partial charge on any atom is -0.385 e. The lowest BCUT2D eigenvalue weighted by molar-refractivity contribution is -0.0995. The van der Waals surface area contributed by atoms with Gasteiger partial charge in [-0.05, 0) is 36.8 Å². The summed E-state index contributed by atoms with van der Waals surface area (Å²) < 4.78 is 0. The molecule has 1 saturated carbocycles. The zero-order valence-corrected chi connectivity index (χ0v) is 12.4. The van der Waals surface area contributed by atoms with Crippen LogP contribution in [0.15, 0.2) is 24.3 Å². The van der Waals surface area contributed by atoms with E-state index < -0.39 is 5.60 Å². The molecule has 2 nitrogen and oxygen atoms in total. The number of aryl methyl sites for hydroxylation is 1. The van der Waals surface area contributed by atoms with E-state index in [4.69, 9.17) is 5.73 Å². The Morgan fingerprint density at radius 3 is 2.30 bits per heavy atom. The van der Waals surface area contributed by atoms with Crippen LogP contribution in [0, 0.1) is 5.41 Å². The van der Waals surface area contributed by atoms with Crippen molar-refractivity contribution in [3.05, 3.63) is 35.4 Å². The number of hydrogen-bond donors (Lipinski definition) is 2. The fourth-order valence-electron chi connectivity index (χ4n) is 4.51. The molecule has 0 bridgehead atoms. The number of hydrogen-bond acceptors (Lipinski definition) is 2. The third kappa shape index (κ3) is 2.10. The summed E-state index contributed by atoms with van der Waals surface area (Å²) in [5.41, 5.74) is 7.89. The molecule has 0 heterocycles. The van der Waals surface area contributed by atoms with Gasteiger partial charge in [-0.2, -0.15) is 0 Å². The summed E-state index contributed by atoms with van der Waals surface area (Å²) in [6.45, 7) is 0.609. The van der Waals surface area contributed by atoms with Crippen molar-refractivity contribution in [2.24, 2.45) is 11.1 Å². The Bertz CT molecular complexity index is 462. The first-order chi connectivity index (χ1) is 9.72. The molecule has 2 aliphatic rings.